The summed E-state index contributed by atoms with van der Waals surface area (Å²) < 4.78 is 0. The van der Waals surface area contributed by atoms with Gasteiger partial charge in [0.05, 0.1) is 0 Å². The maximum atomic E-state index is 6.88. The SMILES string of the molecule is C=C(/C=C\C=C/C)/C=C/CC/C=C\C.C=CC/C(=C\C(Cl)=C/C(C)N(C)c1ccccc1)N(c1ccc(C)cc1)c1ccc(-c2ccccc2)cc1. The maximum Gasteiger partial charge on any atom is 0.0458 e. The molecule has 0 heterocycles. The van der Waals surface area contributed by atoms with Gasteiger partial charge in [0.1, 0.15) is 0 Å². The van der Waals surface area contributed by atoms with Crippen LogP contribution in [0.5, 0.6) is 0 Å². The number of rotatable bonds is 16. The van der Waals surface area contributed by atoms with Crippen LogP contribution in [0.1, 0.15) is 45.6 Å². The van der Waals surface area contributed by atoms with Crippen LogP contribution in [0.3, 0.4) is 0 Å². The van der Waals surface area contributed by atoms with Gasteiger partial charge in [-0.15, -0.1) is 6.58 Å². The van der Waals surface area contributed by atoms with E-state index in [1.54, 1.807) is 0 Å². The second-order valence-corrected chi connectivity index (χ2v) is 12.9. The molecule has 0 saturated heterocycles. The predicted octanol–water partition coefficient (Wildman–Crippen LogP) is 14.5. The highest BCUT2D eigenvalue weighted by molar-refractivity contribution is 6.31. The molecule has 4 rings (SSSR count). The van der Waals surface area contributed by atoms with E-state index < -0.39 is 0 Å². The lowest BCUT2D eigenvalue weighted by Gasteiger charge is -2.28. The van der Waals surface area contributed by atoms with Gasteiger partial charge in [0.15, 0.2) is 0 Å². The Hall–Kier alpha value is -5.31. The zero-order valence-corrected chi connectivity index (χ0v) is 32.4. The van der Waals surface area contributed by atoms with Crippen LogP contribution in [0.15, 0.2) is 205 Å². The molecule has 0 amide bonds. The molecule has 1 unspecified atom stereocenters. The Kier molecular flexibility index (Phi) is 18.4. The third-order valence-electron chi connectivity index (χ3n) is 8.33. The van der Waals surface area contributed by atoms with Gasteiger partial charge in [-0.2, -0.15) is 0 Å². The number of benzene rings is 4. The zero-order chi connectivity index (χ0) is 37.6. The van der Waals surface area contributed by atoms with Crippen LogP contribution in [0.2, 0.25) is 0 Å². The molecule has 0 saturated carbocycles. The van der Waals surface area contributed by atoms with Gasteiger partial charge in [-0.1, -0.05) is 151 Å². The fourth-order valence-corrected chi connectivity index (χ4v) is 5.67. The summed E-state index contributed by atoms with van der Waals surface area (Å²) in [5.41, 5.74) is 8.99. The first-order valence-electron chi connectivity index (χ1n) is 18.0. The number of hydrogen-bond donors (Lipinski definition) is 0. The summed E-state index contributed by atoms with van der Waals surface area (Å²) in [5, 5.41) is 0.690. The van der Waals surface area contributed by atoms with E-state index in [-0.39, 0.29) is 6.04 Å². The van der Waals surface area contributed by atoms with Crippen LogP contribution in [-0.2, 0) is 0 Å². The van der Waals surface area contributed by atoms with Gasteiger partial charge in [-0.3, -0.25) is 0 Å². The Morgan fingerprint density at radius 1 is 0.712 bits per heavy atom. The average Bonchev–Trinajstić information content (AvgIpc) is 3.16. The molecule has 0 aromatic heterocycles. The number of halogens is 1. The fourth-order valence-electron chi connectivity index (χ4n) is 5.36. The Labute approximate surface area is 319 Å². The Morgan fingerprint density at radius 2 is 1.29 bits per heavy atom. The molecular weight excluding hydrogens is 652 g/mol. The van der Waals surface area contributed by atoms with Gasteiger partial charge in [0.25, 0.3) is 0 Å². The summed E-state index contributed by atoms with van der Waals surface area (Å²) in [4.78, 5) is 4.47. The summed E-state index contributed by atoms with van der Waals surface area (Å²) >= 11 is 6.88. The van der Waals surface area contributed by atoms with Gasteiger partial charge < -0.3 is 9.80 Å². The minimum atomic E-state index is 0.115. The molecule has 0 radical (unpaired) electrons. The standard InChI is InChI=1S/C35H35ClN2.C14H20/c1-5-12-35(26-31(36)25-28(3)37(4)32-15-10-7-11-16-32)38(33-21-17-27(2)18-22-33)34-23-19-30(20-24-34)29-13-8-6-9-14-29;1-4-6-8-9-11-13-14(3)12-10-7-5-2/h5-11,13-26,28H,1,12H2,2-4H3;4-7,10-13H,3,8-9H2,1-2H3/b31-25+,35-26+;6-4-,7-5-,12-10-,13-11+. The first-order chi connectivity index (χ1) is 25.3. The summed E-state index contributed by atoms with van der Waals surface area (Å²) in [6.45, 7) is 16.3. The highest BCUT2D eigenvalue weighted by Gasteiger charge is 2.16. The van der Waals surface area contributed by atoms with Crippen LogP contribution in [0.4, 0.5) is 17.1 Å². The lowest BCUT2D eigenvalue weighted by molar-refractivity contribution is 0.822. The fraction of sp³-hybridized carbons (Fsp3) is 0.184. The van der Waals surface area contributed by atoms with Gasteiger partial charge in [-0.25, -0.2) is 0 Å². The Morgan fingerprint density at radius 3 is 1.88 bits per heavy atom. The molecule has 268 valence electrons. The quantitative estimate of drug-likeness (QED) is 0.0650. The first-order valence-corrected chi connectivity index (χ1v) is 18.4. The molecule has 0 fully saturated rings. The molecule has 1 atom stereocenters. The lowest BCUT2D eigenvalue weighted by Crippen LogP contribution is -2.27. The number of likely N-dealkylation sites (N-methyl/N-ethyl adjacent to an activating group) is 1. The summed E-state index contributed by atoms with van der Waals surface area (Å²) in [7, 11) is 2.09. The first kappa shape index (κ1) is 41.1. The van der Waals surface area contributed by atoms with E-state index in [2.05, 4.69) is 177 Å². The molecule has 4 aromatic carbocycles. The number of hydrogen-bond acceptors (Lipinski definition) is 2. The minimum Gasteiger partial charge on any atom is -0.368 e. The van der Waals surface area contributed by atoms with Crippen LogP contribution in [0, 0.1) is 6.92 Å². The van der Waals surface area contributed by atoms with Crippen molar-refractivity contribution in [2.75, 3.05) is 16.8 Å². The monoisotopic (exact) mass is 706 g/mol. The number of nitrogens with zero attached hydrogens (tertiary/aromatic N) is 2. The summed E-state index contributed by atoms with van der Waals surface area (Å²) in [6, 6.07) is 38.2. The molecule has 2 nitrogen and oxygen atoms in total. The smallest absolute Gasteiger partial charge is 0.0458 e. The van der Waals surface area contributed by atoms with Crippen molar-refractivity contribution < 1.29 is 0 Å². The van der Waals surface area contributed by atoms with E-state index in [1.807, 2.05) is 56.4 Å². The minimum absolute atomic E-state index is 0.115. The number of anilines is 3. The zero-order valence-electron chi connectivity index (χ0n) is 31.6. The Bertz CT molecular complexity index is 1820. The maximum absolute atomic E-state index is 6.88. The predicted molar refractivity (Wildman–Crippen MR) is 233 cm³/mol. The Balaban J connectivity index is 0.000000442. The molecule has 0 bridgehead atoms. The van der Waals surface area contributed by atoms with Crippen LogP contribution in [-0.4, -0.2) is 13.1 Å². The number of allylic oxidation sites excluding steroid dienone is 12. The van der Waals surface area contributed by atoms with Crippen molar-refractivity contribution in [2.24, 2.45) is 0 Å². The van der Waals surface area contributed by atoms with E-state index in [0.717, 1.165) is 41.2 Å². The second kappa shape index (κ2) is 23.2. The molecule has 4 aromatic rings. The molecule has 0 aliphatic rings. The lowest BCUT2D eigenvalue weighted by atomic mass is 10.0. The number of aryl methyl sites for hydroxylation is 1. The summed E-state index contributed by atoms with van der Waals surface area (Å²) in [5.74, 6) is 0. The molecular formula is C49H55ClN2. The molecule has 52 heavy (non-hydrogen) atoms. The van der Waals surface area contributed by atoms with Crippen molar-refractivity contribution in [2.45, 2.75) is 53.0 Å². The number of para-hydroxylation sites is 1. The molecule has 0 aliphatic heterocycles. The van der Waals surface area contributed by atoms with E-state index in [0.29, 0.717) is 11.5 Å². The average molecular weight is 707 g/mol. The van der Waals surface area contributed by atoms with E-state index in [4.69, 9.17) is 11.6 Å². The van der Waals surface area contributed by atoms with Gasteiger partial charge in [0.2, 0.25) is 0 Å². The second-order valence-electron chi connectivity index (χ2n) is 12.5. The van der Waals surface area contributed by atoms with E-state index in [9.17, 15) is 0 Å². The van der Waals surface area contributed by atoms with Crippen molar-refractivity contribution in [3.05, 3.63) is 211 Å². The van der Waals surface area contributed by atoms with Crippen LogP contribution in [0.25, 0.3) is 11.1 Å². The van der Waals surface area contributed by atoms with Crippen molar-refractivity contribution >= 4 is 28.7 Å². The highest BCUT2D eigenvalue weighted by atomic mass is 35.5. The van der Waals surface area contributed by atoms with Crippen LogP contribution < -0.4 is 9.80 Å². The van der Waals surface area contributed by atoms with Crippen molar-refractivity contribution in [3.63, 3.8) is 0 Å². The van der Waals surface area contributed by atoms with Crippen molar-refractivity contribution in [1.82, 2.24) is 0 Å². The molecule has 0 spiro atoms. The van der Waals surface area contributed by atoms with E-state index >= 15 is 0 Å². The van der Waals surface area contributed by atoms with Crippen molar-refractivity contribution in [1.29, 1.82) is 0 Å². The highest BCUT2D eigenvalue weighted by Crippen LogP contribution is 2.34. The molecule has 0 N–H and O–H groups in total. The van der Waals surface area contributed by atoms with Gasteiger partial charge in [-0.05, 0) is 106 Å². The third kappa shape index (κ3) is 14.1. The molecule has 3 heteroatoms. The van der Waals surface area contributed by atoms with E-state index in [1.165, 1.54) is 16.7 Å². The largest absolute Gasteiger partial charge is 0.368 e. The van der Waals surface area contributed by atoms with Crippen LogP contribution >= 0.6 is 11.6 Å². The van der Waals surface area contributed by atoms with Gasteiger partial charge in [0, 0.05) is 47.3 Å². The molecule has 0 aliphatic carbocycles. The third-order valence-corrected chi connectivity index (χ3v) is 8.56. The number of unbranched alkanes of at least 4 members (excludes halogenated alkanes) is 1. The normalized spacial score (nSPS) is 12.7. The van der Waals surface area contributed by atoms with Crippen molar-refractivity contribution in [3.8, 4) is 11.1 Å². The topological polar surface area (TPSA) is 6.48 Å². The van der Waals surface area contributed by atoms with Gasteiger partial charge >= 0.3 is 0 Å². The summed E-state index contributed by atoms with van der Waals surface area (Å²) in [6.07, 6.45) is 25.4.